The Hall–Kier alpha value is -1.79. The van der Waals surface area contributed by atoms with Crippen molar-refractivity contribution in [1.82, 2.24) is 9.80 Å². The van der Waals surface area contributed by atoms with E-state index >= 15 is 0 Å². The molecule has 1 aromatic rings. The summed E-state index contributed by atoms with van der Waals surface area (Å²) in [4.78, 5) is 29.5. The van der Waals surface area contributed by atoms with Gasteiger partial charge in [-0.05, 0) is 39.4 Å². The van der Waals surface area contributed by atoms with Gasteiger partial charge in [0.15, 0.2) is 0 Å². The second-order valence-corrected chi connectivity index (χ2v) is 7.38. The van der Waals surface area contributed by atoms with Gasteiger partial charge in [-0.15, -0.1) is 0 Å². The lowest BCUT2D eigenvalue weighted by atomic mass is 9.89. The first-order chi connectivity index (χ1) is 11.7. The molecule has 2 amide bonds. The molecule has 0 radical (unpaired) electrons. The summed E-state index contributed by atoms with van der Waals surface area (Å²) in [6.07, 6.45) is 0. The fraction of sp³-hybridized carbons (Fsp3) is 0.556. The quantitative estimate of drug-likeness (QED) is 0.830. The van der Waals surface area contributed by atoms with Crippen molar-refractivity contribution < 1.29 is 14.3 Å². The minimum Gasteiger partial charge on any atom is -0.495 e. The molecule has 7 heteroatoms. The van der Waals surface area contributed by atoms with E-state index in [0.717, 1.165) is 18.7 Å². The summed E-state index contributed by atoms with van der Waals surface area (Å²) in [6.45, 7) is 8.04. The molecule has 1 fully saturated rings. The third-order valence-electron chi connectivity index (χ3n) is 4.62. The van der Waals surface area contributed by atoms with Crippen molar-refractivity contribution in [2.75, 3.05) is 45.7 Å². The lowest BCUT2D eigenvalue weighted by Gasteiger charge is -2.36. The van der Waals surface area contributed by atoms with Crippen molar-refractivity contribution in [3.05, 3.63) is 22.7 Å². The van der Waals surface area contributed by atoms with Crippen molar-refractivity contribution >= 4 is 29.1 Å². The van der Waals surface area contributed by atoms with E-state index in [1.165, 1.54) is 7.11 Å². The number of benzene rings is 1. The highest BCUT2D eigenvalue weighted by Gasteiger charge is 2.40. The molecule has 0 saturated carbocycles. The minimum absolute atomic E-state index is 0.164. The fourth-order valence-corrected chi connectivity index (χ4v) is 2.86. The van der Waals surface area contributed by atoms with Crippen LogP contribution in [0.5, 0.6) is 5.75 Å². The Bertz CT molecular complexity index is 668. The first kappa shape index (κ1) is 19.5. The van der Waals surface area contributed by atoms with E-state index in [1.807, 2.05) is 14.0 Å². The highest BCUT2D eigenvalue weighted by molar-refractivity contribution is 6.31. The molecule has 1 aliphatic heterocycles. The number of hydrogen-bond donors (Lipinski definition) is 1. The summed E-state index contributed by atoms with van der Waals surface area (Å²) in [6, 6.07) is 3.40. The van der Waals surface area contributed by atoms with Crippen molar-refractivity contribution in [3.8, 4) is 5.75 Å². The van der Waals surface area contributed by atoms with Crippen LogP contribution in [0, 0.1) is 12.3 Å². The number of likely N-dealkylation sites (N-methyl/N-ethyl adjacent to an activating group) is 1. The zero-order valence-electron chi connectivity index (χ0n) is 15.5. The molecule has 0 atom stereocenters. The van der Waals surface area contributed by atoms with Gasteiger partial charge >= 0.3 is 0 Å². The largest absolute Gasteiger partial charge is 0.495 e. The Kier molecular flexibility index (Phi) is 5.95. The van der Waals surface area contributed by atoms with Gasteiger partial charge in [0.05, 0.1) is 12.8 Å². The predicted molar refractivity (Wildman–Crippen MR) is 99.2 cm³/mol. The standard InChI is InChI=1S/C18H26ClN3O3/c1-12-10-14(15(25-5)11-13(12)19)20-16(23)18(2,3)17(24)22-8-6-21(4)7-9-22/h10-11H,6-9H2,1-5H3,(H,20,23). The number of nitrogens with zero attached hydrogens (tertiary/aromatic N) is 2. The molecule has 0 aliphatic carbocycles. The molecular weight excluding hydrogens is 342 g/mol. The lowest BCUT2D eigenvalue weighted by molar-refractivity contribution is -0.147. The van der Waals surface area contributed by atoms with Gasteiger partial charge in [0.1, 0.15) is 11.2 Å². The molecule has 0 unspecified atom stereocenters. The van der Waals surface area contributed by atoms with Crippen LogP contribution in [-0.4, -0.2) is 62.0 Å². The van der Waals surface area contributed by atoms with Crippen molar-refractivity contribution in [1.29, 1.82) is 0 Å². The van der Waals surface area contributed by atoms with E-state index in [1.54, 1.807) is 30.9 Å². The van der Waals surface area contributed by atoms with Crippen LogP contribution in [0.1, 0.15) is 19.4 Å². The molecule has 1 aromatic carbocycles. The fourth-order valence-electron chi connectivity index (χ4n) is 2.71. The van der Waals surface area contributed by atoms with Gasteiger partial charge in [0.2, 0.25) is 11.8 Å². The Balaban J connectivity index is 2.16. The molecule has 1 aliphatic rings. The maximum absolute atomic E-state index is 12.8. The molecular formula is C18H26ClN3O3. The number of ether oxygens (including phenoxy) is 1. The second-order valence-electron chi connectivity index (χ2n) is 6.98. The number of nitrogens with one attached hydrogen (secondary N) is 1. The molecule has 0 spiro atoms. The van der Waals surface area contributed by atoms with Gasteiger partial charge in [0, 0.05) is 37.3 Å². The number of carbonyl (C=O) groups excluding carboxylic acids is 2. The molecule has 0 aromatic heterocycles. The summed E-state index contributed by atoms with van der Waals surface area (Å²) < 4.78 is 5.28. The summed E-state index contributed by atoms with van der Waals surface area (Å²) in [5.41, 5.74) is 0.156. The van der Waals surface area contributed by atoms with Crippen molar-refractivity contribution in [2.24, 2.45) is 5.41 Å². The number of hydrogen-bond acceptors (Lipinski definition) is 4. The molecule has 25 heavy (non-hydrogen) atoms. The molecule has 1 N–H and O–H groups in total. The van der Waals surface area contributed by atoms with E-state index in [9.17, 15) is 9.59 Å². The van der Waals surface area contributed by atoms with Crippen LogP contribution < -0.4 is 10.1 Å². The average Bonchev–Trinajstić information content (AvgIpc) is 2.57. The summed E-state index contributed by atoms with van der Waals surface area (Å²) in [7, 11) is 3.53. The second kappa shape index (κ2) is 7.62. The van der Waals surface area contributed by atoms with E-state index < -0.39 is 5.41 Å². The normalized spacial score (nSPS) is 15.8. The topological polar surface area (TPSA) is 61.9 Å². The number of piperazine rings is 1. The number of halogens is 1. The van der Waals surface area contributed by atoms with Gasteiger partial charge in [-0.3, -0.25) is 9.59 Å². The van der Waals surface area contributed by atoms with Crippen LogP contribution in [-0.2, 0) is 9.59 Å². The van der Waals surface area contributed by atoms with E-state index in [2.05, 4.69) is 10.2 Å². The van der Waals surface area contributed by atoms with Crippen LogP contribution in [0.15, 0.2) is 12.1 Å². The maximum atomic E-state index is 12.8. The Labute approximate surface area is 154 Å². The maximum Gasteiger partial charge on any atom is 0.239 e. The number of anilines is 1. The number of carbonyl (C=O) groups is 2. The monoisotopic (exact) mass is 367 g/mol. The Morgan fingerprint density at radius 1 is 1.20 bits per heavy atom. The molecule has 0 bridgehead atoms. The third kappa shape index (κ3) is 4.25. The molecule has 1 saturated heterocycles. The number of rotatable bonds is 4. The average molecular weight is 368 g/mol. The minimum atomic E-state index is -1.17. The van der Waals surface area contributed by atoms with E-state index in [4.69, 9.17) is 16.3 Å². The van der Waals surface area contributed by atoms with Crippen LogP contribution in [0.4, 0.5) is 5.69 Å². The number of amides is 2. The molecule has 2 rings (SSSR count). The van der Waals surface area contributed by atoms with Gasteiger partial charge in [-0.1, -0.05) is 11.6 Å². The van der Waals surface area contributed by atoms with E-state index in [0.29, 0.717) is 29.5 Å². The van der Waals surface area contributed by atoms with Crippen LogP contribution in [0.3, 0.4) is 0 Å². The first-order valence-electron chi connectivity index (χ1n) is 8.30. The van der Waals surface area contributed by atoms with Crippen LogP contribution in [0.25, 0.3) is 0 Å². The SMILES string of the molecule is COc1cc(Cl)c(C)cc1NC(=O)C(C)(C)C(=O)N1CCN(C)CC1. The van der Waals surface area contributed by atoms with E-state index in [-0.39, 0.29) is 11.8 Å². The number of aryl methyl sites for hydroxylation is 1. The molecule has 1 heterocycles. The van der Waals surface area contributed by atoms with Crippen LogP contribution in [0.2, 0.25) is 5.02 Å². The van der Waals surface area contributed by atoms with Gasteiger partial charge in [-0.2, -0.15) is 0 Å². The van der Waals surface area contributed by atoms with Gasteiger partial charge in [-0.25, -0.2) is 0 Å². The lowest BCUT2D eigenvalue weighted by Crippen LogP contribution is -2.53. The van der Waals surface area contributed by atoms with Gasteiger partial charge < -0.3 is 19.9 Å². The van der Waals surface area contributed by atoms with Crippen LogP contribution >= 0.6 is 11.6 Å². The molecule has 6 nitrogen and oxygen atoms in total. The predicted octanol–water partition coefficient (Wildman–Crippen LogP) is 2.40. The van der Waals surface area contributed by atoms with Crippen molar-refractivity contribution in [2.45, 2.75) is 20.8 Å². The zero-order chi connectivity index (χ0) is 18.8. The van der Waals surface area contributed by atoms with Gasteiger partial charge in [0.25, 0.3) is 0 Å². The molecule has 138 valence electrons. The Morgan fingerprint density at radius 3 is 2.36 bits per heavy atom. The zero-order valence-corrected chi connectivity index (χ0v) is 16.2. The number of methoxy groups -OCH3 is 1. The Morgan fingerprint density at radius 2 is 1.80 bits per heavy atom. The summed E-state index contributed by atoms with van der Waals surface area (Å²) in [5.74, 6) is -0.0639. The summed E-state index contributed by atoms with van der Waals surface area (Å²) >= 11 is 6.10. The van der Waals surface area contributed by atoms with Crippen molar-refractivity contribution in [3.63, 3.8) is 0 Å². The smallest absolute Gasteiger partial charge is 0.239 e. The first-order valence-corrected chi connectivity index (χ1v) is 8.68. The highest BCUT2D eigenvalue weighted by atomic mass is 35.5. The highest BCUT2D eigenvalue weighted by Crippen LogP contribution is 2.32. The third-order valence-corrected chi connectivity index (χ3v) is 5.03. The summed E-state index contributed by atoms with van der Waals surface area (Å²) in [5, 5.41) is 3.38.